The number of nitrogens with two attached hydrogens (primary N) is 1. The van der Waals surface area contributed by atoms with Crippen LogP contribution in [0.2, 0.25) is 0 Å². The van der Waals surface area contributed by atoms with Gasteiger partial charge in [-0.15, -0.1) is 0 Å². The third-order valence-electron chi connectivity index (χ3n) is 4.88. The summed E-state index contributed by atoms with van der Waals surface area (Å²) in [4.78, 5) is 0. The number of rotatable bonds is 4. The molecule has 2 unspecified atom stereocenters. The molecule has 118 valence electrons. The van der Waals surface area contributed by atoms with Crippen LogP contribution in [0.4, 0.5) is 13.2 Å². The molecule has 1 aromatic carbocycles. The zero-order valence-electron chi connectivity index (χ0n) is 12.5. The summed E-state index contributed by atoms with van der Waals surface area (Å²) >= 11 is 0. The van der Waals surface area contributed by atoms with Gasteiger partial charge in [-0.25, -0.2) is 0 Å². The van der Waals surface area contributed by atoms with E-state index in [4.69, 9.17) is 5.73 Å². The van der Waals surface area contributed by atoms with E-state index in [9.17, 15) is 13.2 Å². The molecule has 4 heteroatoms. The first kappa shape index (κ1) is 16.3. The van der Waals surface area contributed by atoms with Crippen molar-refractivity contribution in [2.45, 2.75) is 51.6 Å². The van der Waals surface area contributed by atoms with Gasteiger partial charge in [-0.3, -0.25) is 0 Å². The SMILES string of the molecule is CCC1CCCC(CN)(Cc2cccc(C(F)(F)F)c2)C1. The molecule has 0 aliphatic heterocycles. The van der Waals surface area contributed by atoms with E-state index < -0.39 is 11.7 Å². The lowest BCUT2D eigenvalue weighted by Crippen LogP contribution is -2.37. The lowest BCUT2D eigenvalue weighted by Gasteiger charge is -2.40. The fraction of sp³-hybridized carbons (Fsp3) is 0.647. The van der Waals surface area contributed by atoms with Crippen molar-refractivity contribution >= 4 is 0 Å². The Bertz CT molecular complexity index is 469. The average molecular weight is 299 g/mol. The third kappa shape index (κ3) is 4.00. The largest absolute Gasteiger partial charge is 0.416 e. The molecule has 0 aromatic heterocycles. The molecule has 2 atom stereocenters. The van der Waals surface area contributed by atoms with Gasteiger partial charge in [0.1, 0.15) is 0 Å². The molecule has 1 aromatic rings. The van der Waals surface area contributed by atoms with Crippen molar-refractivity contribution in [3.63, 3.8) is 0 Å². The minimum absolute atomic E-state index is 0.0247. The van der Waals surface area contributed by atoms with Crippen molar-refractivity contribution in [2.75, 3.05) is 6.54 Å². The highest BCUT2D eigenvalue weighted by molar-refractivity contribution is 5.26. The van der Waals surface area contributed by atoms with Gasteiger partial charge in [0, 0.05) is 0 Å². The zero-order chi connectivity index (χ0) is 15.5. The molecule has 2 N–H and O–H groups in total. The van der Waals surface area contributed by atoms with Crippen molar-refractivity contribution in [1.29, 1.82) is 0 Å². The number of hydrogen-bond acceptors (Lipinski definition) is 1. The van der Waals surface area contributed by atoms with Crippen LogP contribution >= 0.6 is 0 Å². The molecule has 0 saturated heterocycles. The van der Waals surface area contributed by atoms with Crippen LogP contribution in [0.3, 0.4) is 0 Å². The van der Waals surface area contributed by atoms with Gasteiger partial charge in [0.25, 0.3) is 0 Å². The molecule has 21 heavy (non-hydrogen) atoms. The summed E-state index contributed by atoms with van der Waals surface area (Å²) in [5.74, 6) is 0.660. The van der Waals surface area contributed by atoms with Crippen LogP contribution in [0.25, 0.3) is 0 Å². The summed E-state index contributed by atoms with van der Waals surface area (Å²) in [7, 11) is 0. The van der Waals surface area contributed by atoms with Gasteiger partial charge < -0.3 is 5.73 Å². The Kier molecular flexibility index (Phi) is 4.97. The standard InChI is InChI=1S/C17H24F3N/c1-2-13-6-4-8-16(10-13,12-21)11-14-5-3-7-15(9-14)17(18,19)20/h3,5,7,9,13H,2,4,6,8,10-12,21H2,1H3. The normalized spacial score (nSPS) is 26.8. The van der Waals surface area contributed by atoms with E-state index in [2.05, 4.69) is 6.92 Å². The topological polar surface area (TPSA) is 26.0 Å². The van der Waals surface area contributed by atoms with E-state index in [1.54, 1.807) is 6.07 Å². The van der Waals surface area contributed by atoms with Crippen LogP contribution in [0.15, 0.2) is 24.3 Å². The van der Waals surface area contributed by atoms with Crippen molar-refractivity contribution in [3.05, 3.63) is 35.4 Å². The van der Waals surface area contributed by atoms with Crippen LogP contribution in [0.5, 0.6) is 0 Å². The first-order chi connectivity index (χ1) is 9.88. The predicted octanol–water partition coefficient (Wildman–Crippen LogP) is 4.79. The Hall–Kier alpha value is -1.03. The van der Waals surface area contributed by atoms with Gasteiger partial charge >= 0.3 is 6.18 Å². The maximum atomic E-state index is 12.8. The molecular weight excluding hydrogens is 275 g/mol. The quantitative estimate of drug-likeness (QED) is 0.849. The van der Waals surface area contributed by atoms with Crippen LogP contribution < -0.4 is 5.73 Å². The summed E-state index contributed by atoms with van der Waals surface area (Å²) in [5, 5.41) is 0. The maximum Gasteiger partial charge on any atom is 0.416 e. The van der Waals surface area contributed by atoms with Crippen LogP contribution in [0, 0.1) is 11.3 Å². The summed E-state index contributed by atoms with van der Waals surface area (Å²) in [6, 6.07) is 5.71. The molecule has 2 rings (SSSR count). The summed E-state index contributed by atoms with van der Waals surface area (Å²) < 4.78 is 38.4. The average Bonchev–Trinajstić information content (AvgIpc) is 2.47. The van der Waals surface area contributed by atoms with Gasteiger partial charge in [0.2, 0.25) is 0 Å². The second-order valence-corrected chi connectivity index (χ2v) is 6.45. The highest BCUT2D eigenvalue weighted by atomic mass is 19.4. The molecule has 0 heterocycles. The van der Waals surface area contributed by atoms with Crippen LogP contribution in [-0.4, -0.2) is 6.54 Å². The first-order valence-electron chi connectivity index (χ1n) is 7.75. The lowest BCUT2D eigenvalue weighted by atomic mass is 9.66. The predicted molar refractivity (Wildman–Crippen MR) is 78.9 cm³/mol. The Morgan fingerprint density at radius 3 is 2.71 bits per heavy atom. The second kappa shape index (κ2) is 6.39. The summed E-state index contributed by atoms with van der Waals surface area (Å²) in [6.07, 6.45) is 1.93. The Balaban J connectivity index is 2.18. The van der Waals surface area contributed by atoms with E-state index in [-0.39, 0.29) is 5.41 Å². The van der Waals surface area contributed by atoms with E-state index in [0.29, 0.717) is 18.9 Å². The number of alkyl halides is 3. The fourth-order valence-electron chi connectivity index (χ4n) is 3.64. The molecule has 1 aliphatic rings. The zero-order valence-corrected chi connectivity index (χ0v) is 12.5. The molecule has 1 fully saturated rings. The number of halogens is 3. The number of hydrogen-bond donors (Lipinski definition) is 1. The van der Waals surface area contributed by atoms with Crippen LogP contribution in [0.1, 0.15) is 50.2 Å². The highest BCUT2D eigenvalue weighted by Crippen LogP contribution is 2.42. The minimum Gasteiger partial charge on any atom is -0.330 e. The number of benzene rings is 1. The summed E-state index contributed by atoms with van der Waals surface area (Å²) in [6.45, 7) is 2.74. The van der Waals surface area contributed by atoms with Crippen LogP contribution in [-0.2, 0) is 12.6 Å². The second-order valence-electron chi connectivity index (χ2n) is 6.45. The van der Waals surface area contributed by atoms with Crippen molar-refractivity contribution in [3.8, 4) is 0 Å². The van der Waals surface area contributed by atoms with Gasteiger partial charge in [-0.05, 0) is 48.8 Å². The maximum absolute atomic E-state index is 12.8. The Morgan fingerprint density at radius 2 is 2.10 bits per heavy atom. The molecular formula is C17H24F3N. The van der Waals surface area contributed by atoms with E-state index in [0.717, 1.165) is 37.3 Å². The van der Waals surface area contributed by atoms with Crippen molar-refractivity contribution in [1.82, 2.24) is 0 Å². The molecule has 0 radical (unpaired) electrons. The first-order valence-corrected chi connectivity index (χ1v) is 7.75. The van der Waals surface area contributed by atoms with Gasteiger partial charge in [-0.2, -0.15) is 13.2 Å². The smallest absolute Gasteiger partial charge is 0.330 e. The van der Waals surface area contributed by atoms with Gasteiger partial charge in [0.05, 0.1) is 5.56 Å². The van der Waals surface area contributed by atoms with Crippen molar-refractivity contribution in [2.24, 2.45) is 17.1 Å². The Labute approximate surface area is 124 Å². The molecule has 0 bridgehead atoms. The highest BCUT2D eigenvalue weighted by Gasteiger charge is 2.36. The Morgan fingerprint density at radius 1 is 1.33 bits per heavy atom. The summed E-state index contributed by atoms with van der Waals surface area (Å²) in [5.41, 5.74) is 6.18. The third-order valence-corrected chi connectivity index (χ3v) is 4.88. The lowest BCUT2D eigenvalue weighted by molar-refractivity contribution is -0.137. The molecule has 1 aliphatic carbocycles. The van der Waals surface area contributed by atoms with E-state index >= 15 is 0 Å². The minimum atomic E-state index is -4.27. The molecule has 0 spiro atoms. The molecule has 1 saturated carbocycles. The monoisotopic (exact) mass is 299 g/mol. The van der Waals surface area contributed by atoms with Gasteiger partial charge in [0.15, 0.2) is 0 Å². The van der Waals surface area contributed by atoms with Crippen molar-refractivity contribution < 1.29 is 13.2 Å². The molecule has 0 amide bonds. The van der Waals surface area contributed by atoms with E-state index in [1.165, 1.54) is 18.6 Å². The van der Waals surface area contributed by atoms with Gasteiger partial charge in [-0.1, -0.05) is 44.4 Å². The molecule has 1 nitrogen and oxygen atoms in total. The van der Waals surface area contributed by atoms with E-state index in [1.807, 2.05) is 0 Å². The fourth-order valence-corrected chi connectivity index (χ4v) is 3.64.